The SMILES string of the molecule is CC(C)S(=O)(=O)C(C)C(=O)NCc1cccc(OCC(F)F)c1. The summed E-state index contributed by atoms with van der Waals surface area (Å²) in [4.78, 5) is 11.9. The molecule has 0 saturated heterocycles. The lowest BCUT2D eigenvalue weighted by atomic mass is 10.2. The highest BCUT2D eigenvalue weighted by Gasteiger charge is 2.30. The van der Waals surface area contributed by atoms with Gasteiger partial charge in [0.2, 0.25) is 5.91 Å². The lowest BCUT2D eigenvalue weighted by molar-refractivity contribution is -0.120. The van der Waals surface area contributed by atoms with Crippen LogP contribution in [-0.2, 0) is 21.2 Å². The fourth-order valence-electron chi connectivity index (χ4n) is 1.79. The zero-order valence-corrected chi connectivity index (χ0v) is 14.1. The van der Waals surface area contributed by atoms with Gasteiger partial charge in [-0.05, 0) is 38.5 Å². The average Bonchev–Trinajstić information content (AvgIpc) is 2.50. The van der Waals surface area contributed by atoms with Gasteiger partial charge in [-0.25, -0.2) is 17.2 Å². The summed E-state index contributed by atoms with van der Waals surface area (Å²) in [7, 11) is -3.53. The molecule has 1 amide bonds. The van der Waals surface area contributed by atoms with Crippen LogP contribution in [0.25, 0.3) is 0 Å². The number of rotatable bonds is 8. The van der Waals surface area contributed by atoms with E-state index in [0.717, 1.165) is 0 Å². The first kappa shape index (κ1) is 19.3. The van der Waals surface area contributed by atoms with E-state index in [4.69, 9.17) is 4.74 Å². The van der Waals surface area contributed by atoms with Gasteiger partial charge in [-0.3, -0.25) is 4.79 Å². The van der Waals surface area contributed by atoms with E-state index in [-0.39, 0.29) is 12.3 Å². The van der Waals surface area contributed by atoms with E-state index in [0.29, 0.717) is 5.56 Å². The van der Waals surface area contributed by atoms with Crippen LogP contribution in [0.3, 0.4) is 0 Å². The smallest absolute Gasteiger partial charge is 0.272 e. The van der Waals surface area contributed by atoms with E-state index in [2.05, 4.69) is 5.32 Å². The monoisotopic (exact) mass is 349 g/mol. The van der Waals surface area contributed by atoms with Crippen LogP contribution in [0.1, 0.15) is 26.3 Å². The first-order valence-electron chi connectivity index (χ1n) is 7.15. The molecule has 1 rings (SSSR count). The number of sulfone groups is 1. The second-order valence-electron chi connectivity index (χ2n) is 5.35. The third-order valence-electron chi connectivity index (χ3n) is 3.26. The standard InChI is InChI=1S/C15H21F2NO4S/c1-10(2)23(20,21)11(3)15(19)18-8-12-5-4-6-13(7-12)22-9-14(16)17/h4-7,10-11,14H,8-9H2,1-3H3,(H,18,19). The van der Waals surface area contributed by atoms with Gasteiger partial charge in [-0.2, -0.15) is 0 Å². The summed E-state index contributed by atoms with van der Waals surface area (Å²) < 4.78 is 53.0. The Morgan fingerprint density at radius 1 is 1.26 bits per heavy atom. The molecule has 0 saturated carbocycles. The third kappa shape index (κ3) is 5.78. The molecule has 8 heteroatoms. The fraction of sp³-hybridized carbons (Fsp3) is 0.533. The third-order valence-corrected chi connectivity index (χ3v) is 5.77. The van der Waals surface area contributed by atoms with Crippen molar-refractivity contribution in [2.75, 3.05) is 6.61 Å². The second kappa shape index (κ2) is 8.24. The molecule has 0 bridgehead atoms. The number of carbonyl (C=O) groups is 1. The molecule has 130 valence electrons. The van der Waals surface area contributed by atoms with Gasteiger partial charge in [0, 0.05) is 6.54 Å². The van der Waals surface area contributed by atoms with Crippen molar-refractivity contribution in [3.8, 4) is 5.75 Å². The van der Waals surface area contributed by atoms with E-state index in [1.54, 1.807) is 12.1 Å². The van der Waals surface area contributed by atoms with Crippen molar-refractivity contribution < 1.29 is 26.7 Å². The lowest BCUT2D eigenvalue weighted by Gasteiger charge is -2.16. The van der Waals surface area contributed by atoms with Crippen molar-refractivity contribution in [3.05, 3.63) is 29.8 Å². The van der Waals surface area contributed by atoms with E-state index in [1.807, 2.05) is 0 Å². The Bertz CT molecular complexity index is 632. The van der Waals surface area contributed by atoms with Crippen molar-refractivity contribution >= 4 is 15.7 Å². The molecule has 1 unspecified atom stereocenters. The number of benzene rings is 1. The van der Waals surface area contributed by atoms with Crippen LogP contribution in [0.2, 0.25) is 0 Å². The van der Waals surface area contributed by atoms with Crippen molar-refractivity contribution in [2.45, 2.75) is 44.2 Å². The number of nitrogens with one attached hydrogen (secondary N) is 1. The number of hydrogen-bond acceptors (Lipinski definition) is 4. The Morgan fingerprint density at radius 3 is 2.48 bits per heavy atom. The normalized spacial score (nSPS) is 13.2. The number of halogens is 2. The lowest BCUT2D eigenvalue weighted by Crippen LogP contribution is -2.40. The van der Waals surface area contributed by atoms with Gasteiger partial charge in [0.1, 0.15) is 17.6 Å². The summed E-state index contributed by atoms with van der Waals surface area (Å²) in [6.07, 6.45) is -2.57. The minimum absolute atomic E-state index is 0.0860. The molecular weight excluding hydrogens is 328 g/mol. The quantitative estimate of drug-likeness (QED) is 0.781. The first-order chi connectivity index (χ1) is 10.6. The number of hydrogen-bond donors (Lipinski definition) is 1. The zero-order chi connectivity index (χ0) is 17.6. The molecule has 0 aliphatic heterocycles. The van der Waals surface area contributed by atoms with E-state index < -0.39 is 39.3 Å². The van der Waals surface area contributed by atoms with Crippen molar-refractivity contribution in [1.82, 2.24) is 5.32 Å². The van der Waals surface area contributed by atoms with Crippen LogP contribution < -0.4 is 10.1 Å². The molecule has 0 heterocycles. The summed E-state index contributed by atoms with van der Waals surface area (Å²) in [6.45, 7) is 3.75. The minimum atomic E-state index is -3.53. The predicted octanol–water partition coefficient (Wildman–Crippen LogP) is 2.16. The van der Waals surface area contributed by atoms with E-state index >= 15 is 0 Å². The molecule has 0 aliphatic carbocycles. The summed E-state index contributed by atoms with van der Waals surface area (Å²) in [6, 6.07) is 6.33. The number of ether oxygens (including phenoxy) is 1. The summed E-state index contributed by atoms with van der Waals surface area (Å²) in [5, 5.41) is 0.734. The number of carbonyl (C=O) groups excluding carboxylic acids is 1. The molecule has 1 aromatic carbocycles. The molecule has 0 spiro atoms. The molecule has 1 aromatic rings. The molecule has 5 nitrogen and oxygen atoms in total. The molecule has 0 radical (unpaired) electrons. The number of amides is 1. The second-order valence-corrected chi connectivity index (χ2v) is 8.18. The minimum Gasteiger partial charge on any atom is -0.488 e. The molecule has 23 heavy (non-hydrogen) atoms. The first-order valence-corrected chi connectivity index (χ1v) is 8.76. The van der Waals surface area contributed by atoms with Gasteiger partial charge in [0.25, 0.3) is 6.43 Å². The number of alkyl halides is 2. The molecule has 1 N–H and O–H groups in total. The van der Waals surface area contributed by atoms with Crippen LogP contribution >= 0.6 is 0 Å². The Morgan fingerprint density at radius 2 is 1.91 bits per heavy atom. The van der Waals surface area contributed by atoms with Crippen molar-refractivity contribution in [3.63, 3.8) is 0 Å². The Labute approximate surface area is 134 Å². The van der Waals surface area contributed by atoms with Crippen LogP contribution in [0, 0.1) is 0 Å². The maximum Gasteiger partial charge on any atom is 0.272 e. The molecule has 1 atom stereocenters. The Hall–Kier alpha value is -1.70. The van der Waals surface area contributed by atoms with E-state index in [9.17, 15) is 22.0 Å². The predicted molar refractivity (Wildman–Crippen MR) is 83.3 cm³/mol. The van der Waals surface area contributed by atoms with Gasteiger partial charge in [-0.1, -0.05) is 12.1 Å². The maximum absolute atomic E-state index is 12.1. The summed E-state index contributed by atoms with van der Waals surface area (Å²) >= 11 is 0. The fourth-order valence-corrected chi connectivity index (χ4v) is 2.99. The zero-order valence-electron chi connectivity index (χ0n) is 13.3. The van der Waals surface area contributed by atoms with Crippen LogP contribution in [0.5, 0.6) is 5.75 Å². The van der Waals surface area contributed by atoms with Gasteiger partial charge in [0.15, 0.2) is 9.84 Å². The highest BCUT2D eigenvalue weighted by atomic mass is 32.2. The van der Waals surface area contributed by atoms with Gasteiger partial charge < -0.3 is 10.1 Å². The Balaban J connectivity index is 2.64. The molecular formula is C15H21F2NO4S. The summed E-state index contributed by atoms with van der Waals surface area (Å²) in [5.41, 5.74) is 0.624. The molecule has 0 aliphatic rings. The highest BCUT2D eigenvalue weighted by Crippen LogP contribution is 2.15. The van der Waals surface area contributed by atoms with E-state index in [1.165, 1.54) is 32.9 Å². The van der Waals surface area contributed by atoms with Crippen LogP contribution in [0.4, 0.5) is 8.78 Å². The topological polar surface area (TPSA) is 72.5 Å². The largest absolute Gasteiger partial charge is 0.488 e. The van der Waals surface area contributed by atoms with Crippen molar-refractivity contribution in [1.29, 1.82) is 0 Å². The van der Waals surface area contributed by atoms with Crippen LogP contribution in [0.15, 0.2) is 24.3 Å². The van der Waals surface area contributed by atoms with Gasteiger partial charge >= 0.3 is 0 Å². The molecule has 0 fully saturated rings. The molecule has 0 aromatic heterocycles. The summed E-state index contributed by atoms with van der Waals surface area (Å²) in [5.74, 6) is -0.336. The maximum atomic E-state index is 12.1. The van der Waals surface area contributed by atoms with Gasteiger partial charge in [0.05, 0.1) is 5.25 Å². The Kier molecular flexibility index (Phi) is 6.93. The van der Waals surface area contributed by atoms with Crippen LogP contribution in [-0.4, -0.2) is 37.9 Å². The van der Waals surface area contributed by atoms with Gasteiger partial charge in [-0.15, -0.1) is 0 Å². The van der Waals surface area contributed by atoms with Crippen molar-refractivity contribution in [2.24, 2.45) is 0 Å². The average molecular weight is 349 g/mol. The highest BCUT2D eigenvalue weighted by molar-refractivity contribution is 7.93.